The number of carbonyl (C=O) groups excluding carboxylic acids is 1. The first-order valence-corrected chi connectivity index (χ1v) is 3.07. The topological polar surface area (TPSA) is 70.1 Å². The maximum Gasteiger partial charge on any atom is 0.309 e. The van der Waals surface area contributed by atoms with Gasteiger partial charge in [-0.2, -0.15) is 4.98 Å². The maximum atomic E-state index is 10.4. The standard InChI is InChI=1S/C6H9N3O2/c1-4(10)11-5-3-9(2)6(7)8-5/h3H,1-2H3,(H2,7,8). The van der Waals surface area contributed by atoms with Crippen LogP contribution in [-0.2, 0) is 11.8 Å². The maximum absolute atomic E-state index is 10.4. The minimum absolute atomic E-state index is 0.234. The first-order chi connectivity index (χ1) is 5.09. The number of aryl methyl sites for hydroxylation is 1. The van der Waals surface area contributed by atoms with Crippen molar-refractivity contribution in [1.29, 1.82) is 0 Å². The van der Waals surface area contributed by atoms with Gasteiger partial charge in [-0.1, -0.05) is 0 Å². The average Bonchev–Trinajstić information content (AvgIpc) is 2.10. The molecule has 0 bridgehead atoms. The second kappa shape index (κ2) is 2.61. The SMILES string of the molecule is CC(=O)Oc1cn(C)c(N)n1. The number of rotatable bonds is 1. The number of aromatic nitrogens is 2. The minimum Gasteiger partial charge on any atom is -0.406 e. The number of esters is 1. The van der Waals surface area contributed by atoms with Crippen molar-refractivity contribution in [2.45, 2.75) is 6.92 Å². The van der Waals surface area contributed by atoms with E-state index in [1.54, 1.807) is 11.6 Å². The average molecular weight is 155 g/mol. The zero-order valence-corrected chi connectivity index (χ0v) is 6.37. The lowest BCUT2D eigenvalue weighted by Gasteiger charge is -1.91. The van der Waals surface area contributed by atoms with Gasteiger partial charge in [0.05, 0.1) is 6.20 Å². The number of ether oxygens (including phenoxy) is 1. The minimum atomic E-state index is -0.400. The third-order valence-corrected chi connectivity index (χ3v) is 1.14. The molecule has 0 saturated heterocycles. The molecule has 5 nitrogen and oxygen atoms in total. The third kappa shape index (κ3) is 1.70. The summed E-state index contributed by atoms with van der Waals surface area (Å²) >= 11 is 0. The molecule has 0 amide bonds. The largest absolute Gasteiger partial charge is 0.406 e. The van der Waals surface area contributed by atoms with Crippen LogP contribution < -0.4 is 10.5 Å². The van der Waals surface area contributed by atoms with E-state index in [1.807, 2.05) is 0 Å². The normalized spacial score (nSPS) is 9.64. The van der Waals surface area contributed by atoms with Crippen molar-refractivity contribution in [3.05, 3.63) is 6.20 Å². The van der Waals surface area contributed by atoms with Gasteiger partial charge in [0.25, 0.3) is 0 Å². The van der Waals surface area contributed by atoms with E-state index in [2.05, 4.69) is 9.72 Å². The second-order valence-electron chi connectivity index (χ2n) is 2.14. The van der Waals surface area contributed by atoms with Crippen molar-refractivity contribution in [3.8, 4) is 5.88 Å². The van der Waals surface area contributed by atoms with E-state index in [9.17, 15) is 4.79 Å². The van der Waals surface area contributed by atoms with Gasteiger partial charge in [0.15, 0.2) is 0 Å². The van der Waals surface area contributed by atoms with Crippen LogP contribution in [-0.4, -0.2) is 15.5 Å². The quantitative estimate of drug-likeness (QED) is 0.576. The molecule has 0 radical (unpaired) electrons. The number of nitrogens with zero attached hydrogens (tertiary/aromatic N) is 2. The Morgan fingerprint density at radius 3 is 2.82 bits per heavy atom. The molecule has 0 spiro atoms. The van der Waals surface area contributed by atoms with Crippen molar-refractivity contribution in [2.24, 2.45) is 7.05 Å². The van der Waals surface area contributed by atoms with E-state index in [-0.39, 0.29) is 5.88 Å². The second-order valence-corrected chi connectivity index (χ2v) is 2.14. The van der Waals surface area contributed by atoms with Gasteiger partial charge in [-0.15, -0.1) is 0 Å². The molecule has 1 rings (SSSR count). The van der Waals surface area contributed by atoms with Gasteiger partial charge >= 0.3 is 5.97 Å². The number of carbonyl (C=O) groups is 1. The van der Waals surface area contributed by atoms with Gasteiger partial charge in [-0.05, 0) is 0 Å². The van der Waals surface area contributed by atoms with Crippen molar-refractivity contribution in [3.63, 3.8) is 0 Å². The molecule has 0 aliphatic carbocycles. The predicted molar refractivity (Wildman–Crippen MR) is 38.9 cm³/mol. The van der Waals surface area contributed by atoms with Gasteiger partial charge < -0.3 is 15.0 Å². The Morgan fingerprint density at radius 1 is 1.82 bits per heavy atom. The zero-order valence-electron chi connectivity index (χ0n) is 6.37. The fraction of sp³-hybridized carbons (Fsp3) is 0.333. The summed E-state index contributed by atoms with van der Waals surface area (Å²) in [5.74, 6) is 0.154. The van der Waals surface area contributed by atoms with E-state index in [4.69, 9.17) is 5.73 Å². The van der Waals surface area contributed by atoms with Gasteiger partial charge in [0.2, 0.25) is 11.8 Å². The Balaban J connectivity index is 2.81. The molecule has 0 aliphatic heterocycles. The summed E-state index contributed by atoms with van der Waals surface area (Å²) in [6.07, 6.45) is 1.54. The van der Waals surface area contributed by atoms with Crippen LogP contribution in [0.25, 0.3) is 0 Å². The Bertz CT molecular complexity index is 260. The summed E-state index contributed by atoms with van der Waals surface area (Å²) in [6, 6.07) is 0. The molecule has 1 heterocycles. The molecule has 0 atom stereocenters. The summed E-state index contributed by atoms with van der Waals surface area (Å²) < 4.78 is 6.23. The van der Waals surface area contributed by atoms with Gasteiger partial charge in [-0.3, -0.25) is 4.79 Å². The molecule has 2 N–H and O–H groups in total. The molecule has 0 unspecified atom stereocenters. The molecule has 1 aromatic rings. The lowest BCUT2D eigenvalue weighted by molar-refractivity contribution is -0.132. The van der Waals surface area contributed by atoms with E-state index >= 15 is 0 Å². The van der Waals surface area contributed by atoms with Crippen LogP contribution in [0.5, 0.6) is 5.88 Å². The summed E-state index contributed by atoms with van der Waals surface area (Å²) in [5, 5.41) is 0. The molecular formula is C6H9N3O2. The highest BCUT2D eigenvalue weighted by molar-refractivity contribution is 5.68. The van der Waals surface area contributed by atoms with E-state index in [0.29, 0.717) is 5.95 Å². The van der Waals surface area contributed by atoms with Crippen molar-refractivity contribution < 1.29 is 9.53 Å². The van der Waals surface area contributed by atoms with Gasteiger partial charge in [0, 0.05) is 14.0 Å². The molecule has 0 fully saturated rings. The number of imidazole rings is 1. The van der Waals surface area contributed by atoms with Crippen molar-refractivity contribution >= 4 is 11.9 Å². The monoisotopic (exact) mass is 155 g/mol. The van der Waals surface area contributed by atoms with Crippen LogP contribution in [0.3, 0.4) is 0 Å². The molecular weight excluding hydrogens is 146 g/mol. The first-order valence-electron chi connectivity index (χ1n) is 3.07. The highest BCUT2D eigenvalue weighted by Gasteiger charge is 2.03. The molecule has 11 heavy (non-hydrogen) atoms. The lowest BCUT2D eigenvalue weighted by atomic mass is 10.7. The van der Waals surface area contributed by atoms with Crippen LogP contribution in [0.1, 0.15) is 6.92 Å². The fourth-order valence-electron chi connectivity index (χ4n) is 0.649. The summed E-state index contributed by atoms with van der Waals surface area (Å²) in [4.78, 5) is 14.2. The number of anilines is 1. The van der Waals surface area contributed by atoms with E-state index in [1.165, 1.54) is 13.1 Å². The number of nitrogens with two attached hydrogens (primary N) is 1. The molecule has 1 aromatic heterocycles. The first kappa shape index (κ1) is 7.59. The van der Waals surface area contributed by atoms with Crippen LogP contribution in [0, 0.1) is 0 Å². The summed E-state index contributed by atoms with van der Waals surface area (Å²) in [7, 11) is 1.72. The number of hydrogen-bond acceptors (Lipinski definition) is 4. The highest BCUT2D eigenvalue weighted by atomic mass is 16.5. The van der Waals surface area contributed by atoms with Crippen LogP contribution in [0.4, 0.5) is 5.95 Å². The highest BCUT2D eigenvalue weighted by Crippen LogP contribution is 2.10. The Kier molecular flexibility index (Phi) is 1.80. The smallest absolute Gasteiger partial charge is 0.309 e. The number of nitrogen functional groups attached to an aromatic ring is 1. The molecule has 5 heteroatoms. The van der Waals surface area contributed by atoms with Crippen molar-refractivity contribution in [1.82, 2.24) is 9.55 Å². The summed E-state index contributed by atoms with van der Waals surface area (Å²) in [6.45, 7) is 1.31. The lowest BCUT2D eigenvalue weighted by Crippen LogP contribution is -2.01. The van der Waals surface area contributed by atoms with E-state index in [0.717, 1.165) is 0 Å². The van der Waals surface area contributed by atoms with Crippen LogP contribution >= 0.6 is 0 Å². The van der Waals surface area contributed by atoms with E-state index < -0.39 is 5.97 Å². The fourth-order valence-corrected chi connectivity index (χ4v) is 0.649. The van der Waals surface area contributed by atoms with Crippen LogP contribution in [0.15, 0.2) is 6.20 Å². The van der Waals surface area contributed by atoms with Crippen molar-refractivity contribution in [2.75, 3.05) is 5.73 Å². The molecule has 60 valence electrons. The number of hydrogen-bond donors (Lipinski definition) is 1. The molecule has 0 aromatic carbocycles. The molecule has 0 aliphatic rings. The Labute approximate surface area is 63.8 Å². The van der Waals surface area contributed by atoms with Gasteiger partial charge in [0.1, 0.15) is 0 Å². The zero-order chi connectivity index (χ0) is 8.43. The predicted octanol–water partition coefficient (Wildman–Crippen LogP) is -0.0724. The Morgan fingerprint density at radius 2 is 2.45 bits per heavy atom. The third-order valence-electron chi connectivity index (χ3n) is 1.14. The summed E-state index contributed by atoms with van der Waals surface area (Å²) in [5.41, 5.74) is 5.38. The Hall–Kier alpha value is -1.52. The van der Waals surface area contributed by atoms with Crippen LogP contribution in [0.2, 0.25) is 0 Å². The van der Waals surface area contributed by atoms with Gasteiger partial charge in [-0.25, -0.2) is 0 Å². The molecule has 0 saturated carbocycles.